The van der Waals surface area contributed by atoms with E-state index >= 15 is 0 Å². The first-order valence-corrected chi connectivity index (χ1v) is 4.55. The fraction of sp³-hybridized carbons (Fsp3) is 0.273. The second-order valence-electron chi connectivity index (χ2n) is 3.23. The summed E-state index contributed by atoms with van der Waals surface area (Å²) in [6.45, 7) is 2.00. The number of phenols is 1. The molecule has 0 aliphatic carbocycles. The van der Waals surface area contributed by atoms with Crippen molar-refractivity contribution < 1.29 is 5.11 Å². The SMILES string of the molecule is Cl.Oc1ccc(C2=CCNCC2)cc1. The van der Waals surface area contributed by atoms with Gasteiger partial charge in [0.25, 0.3) is 0 Å². The van der Waals surface area contributed by atoms with Crippen LogP contribution in [0.3, 0.4) is 0 Å². The molecule has 2 rings (SSSR count). The minimum absolute atomic E-state index is 0. The lowest BCUT2D eigenvalue weighted by Crippen LogP contribution is -2.19. The van der Waals surface area contributed by atoms with Crippen LogP contribution in [-0.2, 0) is 0 Å². The van der Waals surface area contributed by atoms with E-state index in [4.69, 9.17) is 5.11 Å². The monoisotopic (exact) mass is 211 g/mol. The average Bonchev–Trinajstić information content (AvgIpc) is 2.20. The Hall–Kier alpha value is -0.990. The maximum Gasteiger partial charge on any atom is 0.115 e. The Morgan fingerprint density at radius 3 is 2.43 bits per heavy atom. The Labute approximate surface area is 90.1 Å². The van der Waals surface area contributed by atoms with Crippen LogP contribution >= 0.6 is 12.4 Å². The molecular formula is C11H14ClNO. The fourth-order valence-corrected chi connectivity index (χ4v) is 1.56. The van der Waals surface area contributed by atoms with E-state index in [1.807, 2.05) is 12.1 Å². The number of rotatable bonds is 1. The van der Waals surface area contributed by atoms with E-state index in [-0.39, 0.29) is 12.4 Å². The molecule has 0 spiro atoms. The van der Waals surface area contributed by atoms with Gasteiger partial charge >= 0.3 is 0 Å². The minimum Gasteiger partial charge on any atom is -0.508 e. The van der Waals surface area contributed by atoms with E-state index in [2.05, 4.69) is 11.4 Å². The van der Waals surface area contributed by atoms with Crippen molar-refractivity contribution in [2.75, 3.05) is 13.1 Å². The van der Waals surface area contributed by atoms with E-state index in [9.17, 15) is 0 Å². The van der Waals surface area contributed by atoms with Gasteiger partial charge in [-0.25, -0.2) is 0 Å². The van der Waals surface area contributed by atoms with Crippen LogP contribution in [0.4, 0.5) is 0 Å². The van der Waals surface area contributed by atoms with Gasteiger partial charge in [0.05, 0.1) is 0 Å². The lowest BCUT2D eigenvalue weighted by atomic mass is 10.0. The third-order valence-electron chi connectivity index (χ3n) is 2.30. The predicted molar refractivity (Wildman–Crippen MR) is 60.8 cm³/mol. The van der Waals surface area contributed by atoms with Crippen molar-refractivity contribution in [2.45, 2.75) is 6.42 Å². The van der Waals surface area contributed by atoms with Crippen molar-refractivity contribution >= 4 is 18.0 Å². The molecule has 1 aromatic carbocycles. The molecule has 1 aromatic rings. The van der Waals surface area contributed by atoms with E-state index in [1.54, 1.807) is 12.1 Å². The molecule has 3 heteroatoms. The normalized spacial score (nSPS) is 15.6. The summed E-state index contributed by atoms with van der Waals surface area (Å²) >= 11 is 0. The van der Waals surface area contributed by atoms with Crippen molar-refractivity contribution in [2.24, 2.45) is 0 Å². The zero-order valence-corrected chi connectivity index (χ0v) is 8.68. The molecular weight excluding hydrogens is 198 g/mol. The lowest BCUT2D eigenvalue weighted by Gasteiger charge is -2.13. The topological polar surface area (TPSA) is 32.3 Å². The smallest absolute Gasteiger partial charge is 0.115 e. The van der Waals surface area contributed by atoms with Gasteiger partial charge in [0.1, 0.15) is 5.75 Å². The molecule has 0 aromatic heterocycles. The summed E-state index contributed by atoms with van der Waals surface area (Å²) in [6, 6.07) is 7.40. The molecule has 0 atom stereocenters. The van der Waals surface area contributed by atoms with Crippen LogP contribution in [-0.4, -0.2) is 18.2 Å². The Balaban J connectivity index is 0.000000980. The average molecular weight is 212 g/mol. The second kappa shape index (κ2) is 5.03. The van der Waals surface area contributed by atoms with E-state index in [0.29, 0.717) is 5.75 Å². The first kappa shape index (κ1) is 11.1. The van der Waals surface area contributed by atoms with Crippen LogP contribution in [0.1, 0.15) is 12.0 Å². The summed E-state index contributed by atoms with van der Waals surface area (Å²) in [5, 5.41) is 12.4. The first-order chi connectivity index (χ1) is 6.36. The van der Waals surface area contributed by atoms with Crippen LogP contribution in [0, 0.1) is 0 Å². The molecule has 0 saturated carbocycles. The maximum atomic E-state index is 9.12. The van der Waals surface area contributed by atoms with Crippen molar-refractivity contribution in [3.8, 4) is 5.75 Å². The quantitative estimate of drug-likeness (QED) is 0.747. The summed E-state index contributed by atoms with van der Waals surface area (Å²) in [6.07, 6.45) is 3.28. The Kier molecular flexibility index (Phi) is 3.98. The fourth-order valence-electron chi connectivity index (χ4n) is 1.56. The number of benzene rings is 1. The Morgan fingerprint density at radius 1 is 1.14 bits per heavy atom. The van der Waals surface area contributed by atoms with E-state index in [0.717, 1.165) is 19.5 Å². The molecule has 0 unspecified atom stereocenters. The summed E-state index contributed by atoms with van der Waals surface area (Å²) in [4.78, 5) is 0. The molecule has 14 heavy (non-hydrogen) atoms. The zero-order valence-electron chi connectivity index (χ0n) is 7.86. The van der Waals surface area contributed by atoms with E-state index < -0.39 is 0 Å². The minimum atomic E-state index is 0. The third-order valence-corrected chi connectivity index (χ3v) is 2.30. The molecule has 2 nitrogen and oxygen atoms in total. The Bertz CT molecular complexity index is 319. The summed E-state index contributed by atoms with van der Waals surface area (Å²) in [5.41, 5.74) is 2.60. The van der Waals surface area contributed by atoms with Crippen LogP contribution in [0.5, 0.6) is 5.75 Å². The van der Waals surface area contributed by atoms with Crippen LogP contribution in [0.25, 0.3) is 5.57 Å². The van der Waals surface area contributed by atoms with Crippen LogP contribution in [0.15, 0.2) is 30.3 Å². The standard InChI is InChI=1S/C11H13NO.ClH/c13-11-3-1-9(2-4-11)10-5-7-12-8-6-10;/h1-5,12-13H,6-8H2;1H. The van der Waals surface area contributed by atoms with Crippen molar-refractivity contribution in [1.29, 1.82) is 0 Å². The van der Waals surface area contributed by atoms with Crippen LogP contribution < -0.4 is 5.32 Å². The van der Waals surface area contributed by atoms with Gasteiger partial charge in [-0.05, 0) is 36.2 Å². The summed E-state index contributed by atoms with van der Waals surface area (Å²) in [5.74, 6) is 0.332. The second-order valence-corrected chi connectivity index (χ2v) is 3.23. The maximum absolute atomic E-state index is 9.12. The number of hydrogen-bond donors (Lipinski definition) is 2. The number of hydrogen-bond acceptors (Lipinski definition) is 2. The lowest BCUT2D eigenvalue weighted by molar-refractivity contribution is 0.475. The highest BCUT2D eigenvalue weighted by atomic mass is 35.5. The molecule has 1 aliphatic rings. The van der Waals surface area contributed by atoms with E-state index in [1.165, 1.54) is 11.1 Å². The molecule has 0 radical (unpaired) electrons. The van der Waals surface area contributed by atoms with Gasteiger partial charge in [-0.15, -0.1) is 12.4 Å². The van der Waals surface area contributed by atoms with Gasteiger partial charge in [-0.2, -0.15) is 0 Å². The molecule has 1 heterocycles. The van der Waals surface area contributed by atoms with Gasteiger partial charge in [0.2, 0.25) is 0 Å². The van der Waals surface area contributed by atoms with Crippen molar-refractivity contribution in [3.05, 3.63) is 35.9 Å². The highest BCUT2D eigenvalue weighted by Gasteiger charge is 2.04. The number of nitrogens with one attached hydrogen (secondary N) is 1. The summed E-state index contributed by atoms with van der Waals surface area (Å²) in [7, 11) is 0. The Morgan fingerprint density at radius 2 is 1.86 bits per heavy atom. The number of halogens is 1. The van der Waals surface area contributed by atoms with Gasteiger partial charge in [0.15, 0.2) is 0 Å². The molecule has 76 valence electrons. The van der Waals surface area contributed by atoms with Gasteiger partial charge < -0.3 is 10.4 Å². The first-order valence-electron chi connectivity index (χ1n) is 4.55. The molecule has 2 N–H and O–H groups in total. The molecule has 0 amide bonds. The molecule has 0 saturated heterocycles. The van der Waals surface area contributed by atoms with Gasteiger partial charge in [0, 0.05) is 6.54 Å². The molecule has 0 fully saturated rings. The zero-order chi connectivity index (χ0) is 9.10. The molecule has 1 aliphatic heterocycles. The van der Waals surface area contributed by atoms with Crippen molar-refractivity contribution in [3.63, 3.8) is 0 Å². The predicted octanol–water partition coefficient (Wildman–Crippen LogP) is 2.19. The number of aromatic hydroxyl groups is 1. The highest BCUT2D eigenvalue weighted by Crippen LogP contribution is 2.21. The van der Waals surface area contributed by atoms with Gasteiger partial charge in [-0.1, -0.05) is 18.2 Å². The van der Waals surface area contributed by atoms with Gasteiger partial charge in [-0.3, -0.25) is 0 Å². The summed E-state index contributed by atoms with van der Waals surface area (Å²) < 4.78 is 0. The third kappa shape index (κ3) is 2.50. The largest absolute Gasteiger partial charge is 0.508 e. The highest BCUT2D eigenvalue weighted by molar-refractivity contribution is 5.85. The van der Waals surface area contributed by atoms with Crippen LogP contribution in [0.2, 0.25) is 0 Å². The van der Waals surface area contributed by atoms with Crippen molar-refractivity contribution in [1.82, 2.24) is 5.32 Å². The molecule has 0 bridgehead atoms. The number of phenolic OH excluding ortho intramolecular Hbond substituents is 1.